The Bertz CT molecular complexity index is 470. The molecule has 0 aliphatic heterocycles. The molecule has 0 unspecified atom stereocenters. The van der Waals surface area contributed by atoms with Crippen LogP contribution in [0.3, 0.4) is 0 Å². The molecule has 2 rings (SSSR count). The maximum Gasteiger partial charge on any atom is 0.167 e. The molecular weight excluding hydrogens is 267 g/mol. The Morgan fingerprint density at radius 3 is 2.57 bits per heavy atom. The van der Waals surface area contributed by atoms with Crippen LogP contribution in [0.2, 0.25) is 0 Å². The Hall–Kier alpha value is -1.45. The topological polar surface area (TPSA) is 38.5 Å². The van der Waals surface area contributed by atoms with Crippen LogP contribution >= 0.6 is 0 Å². The Labute approximate surface area is 127 Å². The first kappa shape index (κ1) is 15.9. The van der Waals surface area contributed by atoms with Crippen LogP contribution in [-0.2, 0) is 0 Å². The summed E-state index contributed by atoms with van der Waals surface area (Å²) < 4.78 is 19.4. The van der Waals surface area contributed by atoms with Crippen molar-refractivity contribution in [3.8, 4) is 5.75 Å². The largest absolute Gasteiger partial charge is 0.490 e. The van der Waals surface area contributed by atoms with Gasteiger partial charge in [-0.3, -0.25) is 0 Å². The highest BCUT2D eigenvalue weighted by atomic mass is 19.1. The molecule has 21 heavy (non-hydrogen) atoms. The zero-order valence-electron chi connectivity index (χ0n) is 13.4. The number of nitrogens with zero attached hydrogens (tertiary/aromatic N) is 1. The average Bonchev–Trinajstić information content (AvgIpc) is 2.46. The van der Waals surface area contributed by atoms with Gasteiger partial charge in [-0.25, -0.2) is 4.39 Å². The van der Waals surface area contributed by atoms with E-state index < -0.39 is 0 Å². The number of halogens is 1. The van der Waals surface area contributed by atoms with Gasteiger partial charge in [0, 0.05) is 25.2 Å². The zero-order chi connectivity index (χ0) is 15.4. The van der Waals surface area contributed by atoms with Crippen LogP contribution in [0.4, 0.5) is 15.8 Å². The van der Waals surface area contributed by atoms with E-state index in [0.29, 0.717) is 24.1 Å². The van der Waals surface area contributed by atoms with Gasteiger partial charge in [-0.15, -0.1) is 0 Å². The average molecular weight is 294 g/mol. The fourth-order valence-corrected chi connectivity index (χ4v) is 3.01. The summed E-state index contributed by atoms with van der Waals surface area (Å²) in [5, 5.41) is 0. The summed E-state index contributed by atoms with van der Waals surface area (Å²) >= 11 is 0. The summed E-state index contributed by atoms with van der Waals surface area (Å²) in [5.41, 5.74) is 7.38. The number of nitrogens with two attached hydrogens (primary N) is 1. The summed E-state index contributed by atoms with van der Waals surface area (Å²) in [6.45, 7) is 4.83. The van der Waals surface area contributed by atoms with Gasteiger partial charge < -0.3 is 15.4 Å². The number of anilines is 2. The van der Waals surface area contributed by atoms with E-state index in [0.717, 1.165) is 18.0 Å². The third-order valence-electron chi connectivity index (χ3n) is 4.46. The van der Waals surface area contributed by atoms with Crippen LogP contribution in [0.1, 0.15) is 46.0 Å². The van der Waals surface area contributed by atoms with Crippen molar-refractivity contribution in [2.24, 2.45) is 5.92 Å². The highest BCUT2D eigenvalue weighted by molar-refractivity contribution is 5.70. The molecule has 0 aromatic heterocycles. The molecule has 1 aliphatic rings. The van der Waals surface area contributed by atoms with Gasteiger partial charge in [-0.1, -0.05) is 13.8 Å². The van der Waals surface area contributed by atoms with E-state index in [-0.39, 0.29) is 5.82 Å². The van der Waals surface area contributed by atoms with Crippen molar-refractivity contribution in [1.82, 2.24) is 0 Å². The van der Waals surface area contributed by atoms with Crippen molar-refractivity contribution in [2.75, 3.05) is 24.3 Å². The molecule has 0 atom stereocenters. The maximum absolute atomic E-state index is 13.9. The number of ether oxygens (including phenoxy) is 1. The quantitative estimate of drug-likeness (QED) is 0.827. The van der Waals surface area contributed by atoms with Crippen LogP contribution in [0, 0.1) is 11.7 Å². The fourth-order valence-electron chi connectivity index (χ4n) is 3.01. The van der Waals surface area contributed by atoms with Crippen LogP contribution in [0.25, 0.3) is 0 Å². The molecule has 1 saturated carbocycles. The van der Waals surface area contributed by atoms with Gasteiger partial charge >= 0.3 is 0 Å². The van der Waals surface area contributed by atoms with Gasteiger partial charge in [0.1, 0.15) is 0 Å². The predicted octanol–water partition coefficient (Wildman–Crippen LogP) is 4.21. The van der Waals surface area contributed by atoms with Crippen LogP contribution in [-0.4, -0.2) is 19.7 Å². The fraction of sp³-hybridized carbons (Fsp3) is 0.647. The number of nitrogen functional groups attached to an aromatic ring is 1. The van der Waals surface area contributed by atoms with Gasteiger partial charge in [0.05, 0.1) is 18.0 Å². The lowest BCUT2D eigenvalue weighted by Gasteiger charge is -2.35. The van der Waals surface area contributed by atoms with E-state index in [9.17, 15) is 4.39 Å². The molecule has 118 valence electrons. The minimum absolute atomic E-state index is 0.303. The van der Waals surface area contributed by atoms with E-state index in [2.05, 4.69) is 11.8 Å². The lowest BCUT2D eigenvalue weighted by atomic mass is 9.86. The monoisotopic (exact) mass is 294 g/mol. The van der Waals surface area contributed by atoms with Crippen molar-refractivity contribution in [3.05, 3.63) is 17.9 Å². The SMILES string of the molecule is CCCOc1cc(N(C)C2CCC(C)CC2)c(N)cc1F. The van der Waals surface area contributed by atoms with Gasteiger partial charge in [0.2, 0.25) is 0 Å². The smallest absolute Gasteiger partial charge is 0.167 e. The van der Waals surface area contributed by atoms with Crippen LogP contribution < -0.4 is 15.4 Å². The molecule has 0 spiro atoms. The lowest BCUT2D eigenvalue weighted by Crippen LogP contribution is -2.35. The van der Waals surface area contributed by atoms with Crippen LogP contribution in [0.15, 0.2) is 12.1 Å². The van der Waals surface area contributed by atoms with E-state index in [1.54, 1.807) is 6.07 Å². The summed E-state index contributed by atoms with van der Waals surface area (Å²) in [4.78, 5) is 2.19. The van der Waals surface area contributed by atoms with Crippen LogP contribution in [0.5, 0.6) is 5.75 Å². The molecular formula is C17H27FN2O. The van der Waals surface area contributed by atoms with Crippen molar-refractivity contribution < 1.29 is 9.13 Å². The predicted molar refractivity (Wildman–Crippen MR) is 86.4 cm³/mol. The molecule has 0 saturated heterocycles. The normalized spacial score (nSPS) is 22.1. The minimum atomic E-state index is -0.379. The molecule has 0 bridgehead atoms. The Balaban J connectivity index is 2.17. The number of hydrogen-bond acceptors (Lipinski definition) is 3. The minimum Gasteiger partial charge on any atom is -0.490 e. The first-order valence-electron chi connectivity index (χ1n) is 7.97. The van der Waals surface area contributed by atoms with Crippen molar-refractivity contribution in [2.45, 2.75) is 52.0 Å². The summed E-state index contributed by atoms with van der Waals surface area (Å²) in [6.07, 6.45) is 5.68. The summed E-state index contributed by atoms with van der Waals surface area (Å²) in [5.74, 6) is 0.733. The van der Waals surface area contributed by atoms with Crippen molar-refractivity contribution in [1.29, 1.82) is 0 Å². The van der Waals surface area contributed by atoms with Gasteiger partial charge in [0.15, 0.2) is 11.6 Å². The second-order valence-electron chi connectivity index (χ2n) is 6.21. The number of benzene rings is 1. The highest BCUT2D eigenvalue weighted by Crippen LogP contribution is 2.35. The molecule has 1 fully saturated rings. The number of rotatable bonds is 5. The van der Waals surface area contributed by atoms with Gasteiger partial charge in [-0.05, 0) is 38.0 Å². The lowest BCUT2D eigenvalue weighted by molar-refractivity contribution is 0.301. The molecule has 1 aromatic carbocycles. The molecule has 0 amide bonds. The molecule has 1 aliphatic carbocycles. The first-order chi connectivity index (χ1) is 10.0. The Morgan fingerprint density at radius 1 is 1.29 bits per heavy atom. The highest BCUT2D eigenvalue weighted by Gasteiger charge is 2.24. The van der Waals surface area contributed by atoms with E-state index in [4.69, 9.17) is 10.5 Å². The summed E-state index contributed by atoms with van der Waals surface area (Å²) in [6, 6.07) is 3.61. The standard InChI is InChI=1S/C17H27FN2O/c1-4-9-21-17-11-16(15(19)10-14(17)18)20(3)13-7-5-12(2)6-8-13/h10-13H,4-9,19H2,1-3H3. The first-order valence-corrected chi connectivity index (χ1v) is 7.97. The second kappa shape index (κ2) is 7.01. The van der Waals surface area contributed by atoms with Crippen molar-refractivity contribution >= 4 is 11.4 Å². The maximum atomic E-state index is 13.9. The van der Waals surface area contributed by atoms with Crippen molar-refractivity contribution in [3.63, 3.8) is 0 Å². The molecule has 3 nitrogen and oxygen atoms in total. The molecule has 0 radical (unpaired) electrons. The Kier molecular flexibility index (Phi) is 5.32. The van der Waals surface area contributed by atoms with E-state index >= 15 is 0 Å². The van der Waals surface area contributed by atoms with Gasteiger partial charge in [-0.2, -0.15) is 0 Å². The van der Waals surface area contributed by atoms with E-state index in [1.165, 1.54) is 31.7 Å². The molecule has 4 heteroatoms. The molecule has 1 aromatic rings. The molecule has 0 heterocycles. The number of hydrogen-bond donors (Lipinski definition) is 1. The third kappa shape index (κ3) is 3.80. The zero-order valence-corrected chi connectivity index (χ0v) is 13.4. The third-order valence-corrected chi connectivity index (χ3v) is 4.46. The van der Waals surface area contributed by atoms with E-state index in [1.807, 2.05) is 14.0 Å². The second-order valence-corrected chi connectivity index (χ2v) is 6.21. The van der Waals surface area contributed by atoms with Gasteiger partial charge in [0.25, 0.3) is 0 Å². The summed E-state index contributed by atoms with van der Waals surface area (Å²) in [7, 11) is 2.05. The Morgan fingerprint density at radius 2 is 1.95 bits per heavy atom. The molecule has 2 N–H and O–H groups in total.